The second-order valence-corrected chi connectivity index (χ2v) is 7.90. The lowest BCUT2D eigenvalue weighted by Gasteiger charge is -2.24. The van der Waals surface area contributed by atoms with Crippen molar-refractivity contribution in [1.82, 2.24) is 0 Å². The van der Waals surface area contributed by atoms with Gasteiger partial charge >= 0.3 is 0 Å². The number of allylic oxidation sites excluding steroid dienone is 2. The average Bonchev–Trinajstić information content (AvgIpc) is 3.07. The highest BCUT2D eigenvalue weighted by Gasteiger charge is 2.30. The summed E-state index contributed by atoms with van der Waals surface area (Å²) < 4.78 is 11.5. The molecule has 0 fully saturated rings. The second kappa shape index (κ2) is 10.4. The molecule has 154 valence electrons. The Morgan fingerprint density at radius 3 is 2.62 bits per heavy atom. The monoisotopic (exact) mass is 392 g/mol. The molecule has 1 aliphatic rings. The first-order valence-electron chi connectivity index (χ1n) is 10.4. The van der Waals surface area contributed by atoms with Crippen LogP contribution in [0.2, 0.25) is 0 Å². The minimum Gasteiger partial charge on any atom is -0.497 e. The number of rotatable bonds is 10. The van der Waals surface area contributed by atoms with E-state index in [2.05, 4.69) is 42.5 Å². The Kier molecular flexibility index (Phi) is 7.68. The topological polar surface area (TPSA) is 38.7 Å². The van der Waals surface area contributed by atoms with Gasteiger partial charge in [-0.15, -0.1) is 0 Å². The van der Waals surface area contributed by atoms with Crippen LogP contribution in [-0.4, -0.2) is 23.9 Å². The minimum atomic E-state index is -0.706. The second-order valence-electron chi connectivity index (χ2n) is 7.90. The van der Waals surface area contributed by atoms with E-state index in [0.717, 1.165) is 49.0 Å². The van der Waals surface area contributed by atoms with Crippen molar-refractivity contribution in [3.63, 3.8) is 0 Å². The molecule has 0 bridgehead atoms. The molecule has 29 heavy (non-hydrogen) atoms. The first-order valence-corrected chi connectivity index (χ1v) is 10.4. The van der Waals surface area contributed by atoms with Gasteiger partial charge in [0, 0.05) is 6.42 Å². The summed E-state index contributed by atoms with van der Waals surface area (Å²) >= 11 is 0. The van der Waals surface area contributed by atoms with Crippen LogP contribution in [-0.2, 0) is 17.8 Å². The lowest BCUT2D eigenvalue weighted by Crippen LogP contribution is -2.26. The number of hydrogen-bond donors (Lipinski definition) is 1. The molecule has 0 aliphatic heterocycles. The van der Waals surface area contributed by atoms with Gasteiger partial charge < -0.3 is 14.6 Å². The Bertz CT molecular complexity index is 821. The molecule has 1 aliphatic carbocycles. The van der Waals surface area contributed by atoms with Crippen molar-refractivity contribution in [2.75, 3.05) is 7.11 Å². The van der Waals surface area contributed by atoms with E-state index in [1.807, 2.05) is 37.3 Å². The molecule has 2 aromatic carbocycles. The molecule has 3 rings (SSSR count). The molecule has 1 N–H and O–H groups in total. The first kappa shape index (κ1) is 21.4. The van der Waals surface area contributed by atoms with Crippen LogP contribution in [0.15, 0.2) is 78.4 Å². The third-order valence-electron chi connectivity index (χ3n) is 5.53. The lowest BCUT2D eigenvalue weighted by atomic mass is 9.93. The van der Waals surface area contributed by atoms with Crippen molar-refractivity contribution in [3.05, 3.63) is 89.5 Å². The zero-order valence-electron chi connectivity index (χ0n) is 17.5. The van der Waals surface area contributed by atoms with Gasteiger partial charge in [-0.05, 0) is 61.4 Å². The molecule has 0 saturated heterocycles. The van der Waals surface area contributed by atoms with Gasteiger partial charge in [-0.25, -0.2) is 0 Å². The largest absolute Gasteiger partial charge is 0.497 e. The number of ether oxygens (including phenoxy) is 2. The van der Waals surface area contributed by atoms with Gasteiger partial charge in [-0.3, -0.25) is 0 Å². The molecule has 2 unspecified atom stereocenters. The highest BCUT2D eigenvalue weighted by Crippen LogP contribution is 2.33. The van der Waals surface area contributed by atoms with Crippen LogP contribution in [0.25, 0.3) is 0 Å². The highest BCUT2D eigenvalue weighted by atomic mass is 16.5. The summed E-state index contributed by atoms with van der Waals surface area (Å²) in [4.78, 5) is 0. The van der Waals surface area contributed by atoms with E-state index < -0.39 is 5.60 Å². The fraction of sp³-hybridized carbons (Fsp3) is 0.385. The summed E-state index contributed by atoms with van der Waals surface area (Å²) in [6, 6.07) is 18.4. The Morgan fingerprint density at radius 2 is 1.90 bits per heavy atom. The fourth-order valence-electron chi connectivity index (χ4n) is 3.71. The van der Waals surface area contributed by atoms with Crippen molar-refractivity contribution in [2.45, 2.75) is 57.3 Å². The smallest absolute Gasteiger partial charge is 0.119 e. The third kappa shape index (κ3) is 6.59. The minimum absolute atomic E-state index is 0.0451. The molecule has 3 heteroatoms. The van der Waals surface area contributed by atoms with Gasteiger partial charge in [-0.1, -0.05) is 60.7 Å². The Balaban J connectivity index is 1.59. The fourth-order valence-corrected chi connectivity index (χ4v) is 3.71. The van der Waals surface area contributed by atoms with Crippen molar-refractivity contribution in [1.29, 1.82) is 0 Å². The van der Waals surface area contributed by atoms with E-state index >= 15 is 0 Å². The van der Waals surface area contributed by atoms with Gasteiger partial charge in [0.05, 0.1) is 25.4 Å². The van der Waals surface area contributed by atoms with Crippen LogP contribution in [0.4, 0.5) is 0 Å². The maximum Gasteiger partial charge on any atom is 0.119 e. The summed E-state index contributed by atoms with van der Waals surface area (Å²) in [5.74, 6) is 0.894. The maximum absolute atomic E-state index is 10.6. The molecule has 0 saturated carbocycles. The summed E-state index contributed by atoms with van der Waals surface area (Å²) in [5, 5.41) is 10.6. The standard InChI is InChI=1S/C26H32O3/c1-26(27)17-9-14-23(26)19-25(29-20-22-11-4-3-5-12-22)15-7-6-10-21-13-8-16-24(18-21)28-2/h3-5,7-8,11-16,18,25,27H,6,9-10,17,19-20H2,1-2H3/b15-7+. The SMILES string of the molecule is COc1cccc(CC/C=C/C(CC2=CCCC2(C)O)OCc2ccccc2)c1. The van der Waals surface area contributed by atoms with Gasteiger partial charge in [-0.2, -0.15) is 0 Å². The highest BCUT2D eigenvalue weighted by molar-refractivity contribution is 5.28. The van der Waals surface area contributed by atoms with E-state index in [1.54, 1.807) is 7.11 Å². The van der Waals surface area contributed by atoms with E-state index in [9.17, 15) is 5.11 Å². The summed E-state index contributed by atoms with van der Waals surface area (Å²) in [5.41, 5.74) is 2.81. The number of aliphatic hydroxyl groups is 1. The Morgan fingerprint density at radius 1 is 1.10 bits per heavy atom. The number of hydrogen-bond acceptors (Lipinski definition) is 3. The van der Waals surface area contributed by atoms with Crippen LogP contribution < -0.4 is 4.74 Å². The molecule has 0 radical (unpaired) electrons. The quantitative estimate of drug-likeness (QED) is 0.533. The molecule has 0 aromatic heterocycles. The molecule has 3 nitrogen and oxygen atoms in total. The summed E-state index contributed by atoms with van der Waals surface area (Å²) in [6.45, 7) is 2.48. The van der Waals surface area contributed by atoms with Crippen LogP contribution in [0.1, 0.15) is 43.7 Å². The normalized spacial score (nSPS) is 20.0. The van der Waals surface area contributed by atoms with Gasteiger partial charge in [0.1, 0.15) is 5.75 Å². The zero-order valence-corrected chi connectivity index (χ0v) is 17.5. The molecule has 2 atom stereocenters. The molecule has 0 amide bonds. The van der Waals surface area contributed by atoms with Crippen molar-refractivity contribution in [2.24, 2.45) is 0 Å². The average molecular weight is 393 g/mol. The predicted octanol–water partition coefficient (Wildman–Crippen LogP) is 5.63. The molecule has 2 aromatic rings. The summed E-state index contributed by atoms with van der Waals surface area (Å²) in [7, 11) is 1.69. The van der Waals surface area contributed by atoms with Crippen LogP contribution in [0, 0.1) is 0 Å². The van der Waals surface area contributed by atoms with Gasteiger partial charge in [0.25, 0.3) is 0 Å². The van der Waals surface area contributed by atoms with Crippen molar-refractivity contribution >= 4 is 0 Å². The lowest BCUT2D eigenvalue weighted by molar-refractivity contribution is 0.0530. The van der Waals surface area contributed by atoms with Crippen molar-refractivity contribution in [3.8, 4) is 5.75 Å². The van der Waals surface area contributed by atoms with Crippen molar-refractivity contribution < 1.29 is 14.6 Å². The molecular weight excluding hydrogens is 360 g/mol. The molecule has 0 spiro atoms. The van der Waals surface area contributed by atoms with Crippen LogP contribution in [0.5, 0.6) is 5.75 Å². The van der Waals surface area contributed by atoms with Crippen LogP contribution in [0.3, 0.4) is 0 Å². The Hall–Kier alpha value is -2.36. The van der Waals surface area contributed by atoms with Gasteiger partial charge in [0.2, 0.25) is 0 Å². The molecular formula is C26H32O3. The van der Waals surface area contributed by atoms with Gasteiger partial charge in [0.15, 0.2) is 0 Å². The third-order valence-corrected chi connectivity index (χ3v) is 5.53. The number of benzene rings is 2. The number of aryl methyl sites for hydroxylation is 1. The summed E-state index contributed by atoms with van der Waals surface area (Å²) in [6.07, 6.45) is 10.8. The van der Waals surface area contributed by atoms with E-state index in [4.69, 9.17) is 9.47 Å². The van der Waals surface area contributed by atoms with E-state index in [-0.39, 0.29) is 6.10 Å². The van der Waals surface area contributed by atoms with E-state index in [0.29, 0.717) is 6.61 Å². The first-order chi connectivity index (χ1) is 14.1. The van der Waals surface area contributed by atoms with E-state index in [1.165, 1.54) is 5.56 Å². The number of methoxy groups -OCH3 is 1. The zero-order chi connectivity index (χ0) is 20.5. The predicted molar refractivity (Wildman–Crippen MR) is 118 cm³/mol. The Labute approximate surface area is 174 Å². The molecule has 0 heterocycles. The van der Waals surface area contributed by atoms with Crippen LogP contribution >= 0.6 is 0 Å². The maximum atomic E-state index is 10.6.